The quantitative estimate of drug-likeness (QED) is 0.631. The van der Waals surface area contributed by atoms with Gasteiger partial charge in [-0.25, -0.2) is 0 Å². The van der Waals surface area contributed by atoms with Gasteiger partial charge in [-0.1, -0.05) is 6.92 Å². The van der Waals surface area contributed by atoms with E-state index in [4.69, 9.17) is 4.74 Å². The number of nitrogens with zero attached hydrogens (tertiary/aromatic N) is 1. The molecule has 1 aliphatic rings. The summed E-state index contributed by atoms with van der Waals surface area (Å²) in [6.07, 6.45) is 2.37. The number of carbonyl (C=O) groups is 1. The number of hydrogen-bond acceptors (Lipinski definition) is 4. The van der Waals surface area contributed by atoms with Crippen LogP contribution in [0.5, 0.6) is 0 Å². The molecule has 15 heavy (non-hydrogen) atoms. The number of likely N-dealkylation sites (N-methyl/N-ethyl adjacent to an activating group) is 1. The lowest BCUT2D eigenvalue weighted by Gasteiger charge is -2.22. The van der Waals surface area contributed by atoms with Crippen molar-refractivity contribution in [3.05, 3.63) is 0 Å². The average Bonchev–Trinajstić information content (AvgIpc) is 3.01. The Kier molecular flexibility index (Phi) is 5.05. The summed E-state index contributed by atoms with van der Waals surface area (Å²) in [4.78, 5) is 13.8. The van der Waals surface area contributed by atoms with Crippen LogP contribution in [-0.2, 0) is 9.53 Å². The number of esters is 1. The van der Waals surface area contributed by atoms with Gasteiger partial charge in [-0.05, 0) is 33.4 Å². The lowest BCUT2D eigenvalue weighted by Crippen LogP contribution is -2.46. The van der Waals surface area contributed by atoms with E-state index in [1.54, 1.807) is 0 Å². The van der Waals surface area contributed by atoms with E-state index in [-0.39, 0.29) is 12.0 Å². The molecule has 4 nitrogen and oxygen atoms in total. The molecule has 0 bridgehead atoms. The molecule has 1 rings (SSSR count). The normalized spacial score (nSPS) is 17.9. The average molecular weight is 214 g/mol. The number of carbonyl (C=O) groups excluding carboxylic acids is 1. The Morgan fingerprint density at radius 3 is 2.67 bits per heavy atom. The van der Waals surface area contributed by atoms with Crippen LogP contribution in [0.25, 0.3) is 0 Å². The van der Waals surface area contributed by atoms with Crippen LogP contribution in [0, 0.1) is 0 Å². The second-order valence-electron chi connectivity index (χ2n) is 4.10. The van der Waals surface area contributed by atoms with Gasteiger partial charge in [-0.2, -0.15) is 0 Å². The highest BCUT2D eigenvalue weighted by atomic mass is 16.5. The third kappa shape index (κ3) is 4.62. The van der Waals surface area contributed by atoms with Crippen LogP contribution < -0.4 is 5.32 Å². The molecule has 1 fully saturated rings. The Morgan fingerprint density at radius 2 is 2.20 bits per heavy atom. The van der Waals surface area contributed by atoms with Gasteiger partial charge in [-0.15, -0.1) is 0 Å². The summed E-state index contributed by atoms with van der Waals surface area (Å²) in [5.74, 6) is -0.121. The Morgan fingerprint density at radius 1 is 1.53 bits per heavy atom. The van der Waals surface area contributed by atoms with Crippen LogP contribution in [0.3, 0.4) is 0 Å². The molecular weight excluding hydrogens is 192 g/mol. The first-order valence-corrected chi connectivity index (χ1v) is 5.78. The van der Waals surface area contributed by atoms with Crippen LogP contribution >= 0.6 is 0 Å². The molecule has 0 aliphatic heterocycles. The molecule has 1 N–H and O–H groups in total. The summed E-state index contributed by atoms with van der Waals surface area (Å²) in [5, 5.41) is 3.32. The fourth-order valence-electron chi connectivity index (χ4n) is 1.41. The molecule has 88 valence electrons. The summed E-state index contributed by atoms with van der Waals surface area (Å²) >= 11 is 0. The maximum atomic E-state index is 11.6. The summed E-state index contributed by atoms with van der Waals surface area (Å²) in [6.45, 7) is 6.06. The minimum absolute atomic E-state index is 0.121. The van der Waals surface area contributed by atoms with Gasteiger partial charge in [0.1, 0.15) is 6.04 Å². The number of rotatable bonds is 7. The lowest BCUT2D eigenvalue weighted by atomic mass is 10.2. The molecule has 0 aromatic carbocycles. The summed E-state index contributed by atoms with van der Waals surface area (Å²) in [7, 11) is 2.01. The first-order chi connectivity index (χ1) is 7.17. The molecule has 0 amide bonds. The standard InChI is InChI=1S/C11H22N2O2/c1-4-13(3)8-10(11(14)15-5-2)12-9-6-7-9/h9-10,12H,4-8H2,1-3H3. The van der Waals surface area contributed by atoms with Crippen molar-refractivity contribution in [2.24, 2.45) is 0 Å². The minimum atomic E-state index is -0.164. The van der Waals surface area contributed by atoms with Crippen molar-refractivity contribution in [3.63, 3.8) is 0 Å². The molecule has 1 saturated carbocycles. The first kappa shape index (κ1) is 12.5. The van der Waals surface area contributed by atoms with Crippen LogP contribution in [0.15, 0.2) is 0 Å². The number of nitrogens with one attached hydrogen (secondary N) is 1. The van der Waals surface area contributed by atoms with E-state index in [9.17, 15) is 4.79 Å². The van der Waals surface area contributed by atoms with Crippen LogP contribution in [0.4, 0.5) is 0 Å². The van der Waals surface area contributed by atoms with Gasteiger partial charge >= 0.3 is 5.97 Å². The van der Waals surface area contributed by atoms with E-state index in [2.05, 4.69) is 17.1 Å². The third-order valence-corrected chi connectivity index (χ3v) is 2.62. The van der Waals surface area contributed by atoms with Gasteiger partial charge in [0.05, 0.1) is 6.61 Å². The van der Waals surface area contributed by atoms with E-state index in [1.165, 1.54) is 12.8 Å². The van der Waals surface area contributed by atoms with Crippen molar-refractivity contribution < 1.29 is 9.53 Å². The fourth-order valence-corrected chi connectivity index (χ4v) is 1.41. The predicted octanol–water partition coefficient (Wildman–Crippen LogP) is 0.622. The van der Waals surface area contributed by atoms with Gasteiger partial charge in [0.25, 0.3) is 0 Å². The lowest BCUT2D eigenvalue weighted by molar-refractivity contribution is -0.146. The number of hydrogen-bond donors (Lipinski definition) is 1. The smallest absolute Gasteiger partial charge is 0.324 e. The molecule has 1 unspecified atom stereocenters. The van der Waals surface area contributed by atoms with E-state index < -0.39 is 0 Å². The maximum Gasteiger partial charge on any atom is 0.324 e. The summed E-state index contributed by atoms with van der Waals surface area (Å²) in [6, 6.07) is 0.368. The van der Waals surface area contributed by atoms with Gasteiger partial charge < -0.3 is 15.0 Å². The molecule has 0 aromatic rings. The van der Waals surface area contributed by atoms with Crippen LogP contribution in [-0.4, -0.2) is 49.7 Å². The van der Waals surface area contributed by atoms with E-state index in [0.29, 0.717) is 12.6 Å². The molecule has 0 aromatic heterocycles. The van der Waals surface area contributed by atoms with Gasteiger partial charge in [0, 0.05) is 12.6 Å². The Hall–Kier alpha value is -0.610. The molecular formula is C11H22N2O2. The number of ether oxygens (including phenoxy) is 1. The van der Waals surface area contributed by atoms with E-state index in [1.807, 2.05) is 14.0 Å². The molecule has 0 heterocycles. The molecule has 4 heteroatoms. The SMILES string of the molecule is CCOC(=O)C(CN(C)CC)NC1CC1. The zero-order chi connectivity index (χ0) is 11.3. The van der Waals surface area contributed by atoms with Crippen molar-refractivity contribution in [1.82, 2.24) is 10.2 Å². The van der Waals surface area contributed by atoms with Crippen LogP contribution in [0.1, 0.15) is 26.7 Å². The highest BCUT2D eigenvalue weighted by Crippen LogP contribution is 2.19. The highest BCUT2D eigenvalue weighted by Gasteiger charge is 2.29. The molecule has 1 aliphatic carbocycles. The maximum absolute atomic E-state index is 11.6. The molecule has 0 saturated heterocycles. The Bertz CT molecular complexity index is 205. The Balaban J connectivity index is 2.39. The van der Waals surface area contributed by atoms with Gasteiger partial charge in [0.2, 0.25) is 0 Å². The first-order valence-electron chi connectivity index (χ1n) is 5.78. The molecule has 0 spiro atoms. The van der Waals surface area contributed by atoms with E-state index >= 15 is 0 Å². The topological polar surface area (TPSA) is 41.6 Å². The van der Waals surface area contributed by atoms with Crippen molar-refractivity contribution in [1.29, 1.82) is 0 Å². The second-order valence-corrected chi connectivity index (χ2v) is 4.10. The van der Waals surface area contributed by atoms with Crippen LogP contribution in [0.2, 0.25) is 0 Å². The summed E-state index contributed by atoms with van der Waals surface area (Å²) < 4.78 is 5.05. The van der Waals surface area contributed by atoms with Crippen molar-refractivity contribution in [2.75, 3.05) is 26.7 Å². The zero-order valence-electron chi connectivity index (χ0n) is 9.95. The Labute approximate surface area is 92.0 Å². The van der Waals surface area contributed by atoms with Crippen molar-refractivity contribution >= 4 is 5.97 Å². The van der Waals surface area contributed by atoms with Crippen molar-refractivity contribution in [2.45, 2.75) is 38.8 Å². The minimum Gasteiger partial charge on any atom is -0.465 e. The second kappa shape index (κ2) is 6.08. The molecule has 0 radical (unpaired) electrons. The monoisotopic (exact) mass is 214 g/mol. The fraction of sp³-hybridized carbons (Fsp3) is 0.909. The predicted molar refractivity (Wildman–Crippen MR) is 59.7 cm³/mol. The zero-order valence-corrected chi connectivity index (χ0v) is 9.95. The molecule has 1 atom stereocenters. The van der Waals surface area contributed by atoms with E-state index in [0.717, 1.165) is 13.1 Å². The third-order valence-electron chi connectivity index (χ3n) is 2.62. The van der Waals surface area contributed by atoms with Gasteiger partial charge in [-0.3, -0.25) is 4.79 Å². The highest BCUT2D eigenvalue weighted by molar-refractivity contribution is 5.76. The largest absolute Gasteiger partial charge is 0.465 e. The summed E-state index contributed by atoms with van der Waals surface area (Å²) in [5.41, 5.74) is 0. The van der Waals surface area contributed by atoms with Crippen molar-refractivity contribution in [3.8, 4) is 0 Å². The van der Waals surface area contributed by atoms with Gasteiger partial charge in [0.15, 0.2) is 0 Å².